The van der Waals surface area contributed by atoms with E-state index in [1.165, 1.54) is 18.2 Å². The Kier molecular flexibility index (Phi) is 5.27. The van der Waals surface area contributed by atoms with Gasteiger partial charge < -0.3 is 19.9 Å². The number of carboxylic acid groups (broad SMARTS) is 1. The Balaban J connectivity index is 2.07. The number of halogens is 3. The summed E-state index contributed by atoms with van der Waals surface area (Å²) in [6.45, 7) is -1.19. The molecule has 1 unspecified atom stereocenters. The van der Waals surface area contributed by atoms with Crippen molar-refractivity contribution in [3.63, 3.8) is 0 Å². The molecule has 0 aliphatic carbocycles. The van der Waals surface area contributed by atoms with Gasteiger partial charge in [0.25, 0.3) is 5.91 Å². The summed E-state index contributed by atoms with van der Waals surface area (Å²) >= 11 is 0. The van der Waals surface area contributed by atoms with Gasteiger partial charge in [-0.05, 0) is 12.5 Å². The van der Waals surface area contributed by atoms with Crippen molar-refractivity contribution in [2.75, 3.05) is 19.8 Å². The summed E-state index contributed by atoms with van der Waals surface area (Å²) in [5.74, 6) is -2.16. The van der Waals surface area contributed by atoms with Crippen molar-refractivity contribution in [1.82, 2.24) is 10.3 Å². The zero-order chi connectivity index (χ0) is 17.8. The summed E-state index contributed by atoms with van der Waals surface area (Å²) in [6.07, 6.45) is -4.54. The van der Waals surface area contributed by atoms with Gasteiger partial charge in [-0.15, -0.1) is 0 Å². The van der Waals surface area contributed by atoms with Crippen molar-refractivity contribution >= 4 is 11.9 Å². The maximum absolute atomic E-state index is 12.2. The summed E-state index contributed by atoms with van der Waals surface area (Å²) in [7, 11) is 0. The van der Waals surface area contributed by atoms with Crippen LogP contribution in [0.25, 0.3) is 0 Å². The summed E-state index contributed by atoms with van der Waals surface area (Å²) < 4.78 is 46.1. The Labute approximate surface area is 134 Å². The topological polar surface area (TPSA) is 97.8 Å². The average Bonchev–Trinajstić information content (AvgIpc) is 2.92. The number of carbonyl (C=O) groups is 2. The summed E-state index contributed by atoms with van der Waals surface area (Å²) in [5.41, 5.74) is -1.24. The lowest BCUT2D eigenvalue weighted by molar-refractivity contribution is -0.154. The van der Waals surface area contributed by atoms with Crippen LogP contribution in [-0.4, -0.2) is 53.5 Å². The first kappa shape index (κ1) is 18.0. The second-order valence-electron chi connectivity index (χ2n) is 5.37. The van der Waals surface area contributed by atoms with Crippen LogP contribution in [0.15, 0.2) is 18.2 Å². The Morgan fingerprint density at radius 3 is 2.75 bits per heavy atom. The fraction of sp³-hybridized carbons (Fsp3) is 0.500. The molecule has 7 nitrogen and oxygen atoms in total. The van der Waals surface area contributed by atoms with Gasteiger partial charge in [0.1, 0.15) is 5.69 Å². The molecule has 2 heterocycles. The summed E-state index contributed by atoms with van der Waals surface area (Å²) in [5, 5.41) is 11.5. The molecule has 1 aliphatic heterocycles. The number of pyridine rings is 1. The fourth-order valence-corrected chi connectivity index (χ4v) is 2.26. The highest BCUT2D eigenvalue weighted by Gasteiger charge is 2.39. The van der Waals surface area contributed by atoms with E-state index in [-0.39, 0.29) is 24.6 Å². The highest BCUT2D eigenvalue weighted by atomic mass is 19.4. The predicted molar refractivity (Wildman–Crippen MR) is 73.7 cm³/mol. The molecule has 2 rings (SSSR count). The van der Waals surface area contributed by atoms with Crippen molar-refractivity contribution in [2.24, 2.45) is 0 Å². The molecule has 1 atom stereocenters. The van der Waals surface area contributed by atoms with E-state index in [0.717, 1.165) is 0 Å². The number of hydrogen-bond donors (Lipinski definition) is 2. The van der Waals surface area contributed by atoms with E-state index >= 15 is 0 Å². The van der Waals surface area contributed by atoms with Gasteiger partial charge in [0.2, 0.25) is 5.88 Å². The molecule has 0 aromatic carbocycles. The van der Waals surface area contributed by atoms with Gasteiger partial charge in [-0.3, -0.25) is 9.59 Å². The first-order valence-electron chi connectivity index (χ1n) is 6.98. The van der Waals surface area contributed by atoms with Crippen LogP contribution >= 0.6 is 0 Å². The summed E-state index contributed by atoms with van der Waals surface area (Å²) in [4.78, 5) is 26.9. The van der Waals surface area contributed by atoms with Gasteiger partial charge in [-0.2, -0.15) is 13.2 Å². The van der Waals surface area contributed by atoms with Gasteiger partial charge in [0.15, 0.2) is 6.61 Å². The Morgan fingerprint density at radius 1 is 1.42 bits per heavy atom. The molecule has 0 bridgehead atoms. The number of alkyl halides is 3. The highest BCUT2D eigenvalue weighted by molar-refractivity contribution is 5.93. The van der Waals surface area contributed by atoms with Crippen LogP contribution in [0.5, 0.6) is 5.88 Å². The van der Waals surface area contributed by atoms with Gasteiger partial charge in [0, 0.05) is 12.7 Å². The number of carbonyl (C=O) groups excluding carboxylic acids is 1. The van der Waals surface area contributed by atoms with Crippen LogP contribution in [0.1, 0.15) is 23.3 Å². The van der Waals surface area contributed by atoms with Gasteiger partial charge >= 0.3 is 12.1 Å². The third-order valence-electron chi connectivity index (χ3n) is 3.31. The zero-order valence-corrected chi connectivity index (χ0v) is 12.4. The van der Waals surface area contributed by atoms with Crippen LogP contribution < -0.4 is 10.1 Å². The minimum atomic E-state index is -4.52. The first-order chi connectivity index (χ1) is 11.2. The monoisotopic (exact) mass is 348 g/mol. The third-order valence-corrected chi connectivity index (χ3v) is 3.31. The van der Waals surface area contributed by atoms with Crippen LogP contribution in [0.3, 0.4) is 0 Å². The van der Waals surface area contributed by atoms with Crippen LogP contribution in [0.2, 0.25) is 0 Å². The fourth-order valence-electron chi connectivity index (χ4n) is 2.26. The zero-order valence-electron chi connectivity index (χ0n) is 12.4. The van der Waals surface area contributed by atoms with Gasteiger partial charge in [0.05, 0.1) is 18.6 Å². The standard InChI is InChI=1S/C14H15F3N2O5/c15-14(16,17)8-24-10-3-1-2-9(18-10)12(22)19-13(6-11(20)21)4-5-23-7-13/h1-3H,4-8H2,(H,19,22)(H,20,21). The molecule has 24 heavy (non-hydrogen) atoms. The van der Waals surface area contributed by atoms with E-state index in [1.54, 1.807) is 0 Å². The lowest BCUT2D eigenvalue weighted by Crippen LogP contribution is -2.50. The number of rotatable bonds is 6. The number of hydrogen-bond acceptors (Lipinski definition) is 5. The molecule has 0 radical (unpaired) electrons. The van der Waals surface area contributed by atoms with Crippen molar-refractivity contribution in [3.8, 4) is 5.88 Å². The van der Waals surface area contributed by atoms with E-state index < -0.39 is 30.2 Å². The molecule has 1 aromatic heterocycles. The van der Waals surface area contributed by atoms with E-state index in [1.807, 2.05) is 0 Å². The Bertz CT molecular complexity index is 615. The van der Waals surface area contributed by atoms with E-state index in [9.17, 15) is 22.8 Å². The second kappa shape index (κ2) is 7.04. The quantitative estimate of drug-likeness (QED) is 0.806. The molecule has 1 aromatic rings. The van der Waals surface area contributed by atoms with Crippen molar-refractivity contribution in [2.45, 2.75) is 24.6 Å². The molecule has 10 heteroatoms. The van der Waals surface area contributed by atoms with E-state index in [2.05, 4.69) is 15.0 Å². The SMILES string of the molecule is O=C(O)CC1(NC(=O)c2cccc(OCC(F)(F)F)n2)CCOC1. The normalized spacial score (nSPS) is 20.6. The molecule has 132 valence electrons. The minimum absolute atomic E-state index is 0.0370. The number of nitrogens with one attached hydrogen (secondary N) is 1. The van der Waals surface area contributed by atoms with Crippen LogP contribution in [-0.2, 0) is 9.53 Å². The molecule has 1 aliphatic rings. The lowest BCUT2D eigenvalue weighted by atomic mass is 9.94. The largest absolute Gasteiger partial charge is 0.481 e. The first-order valence-corrected chi connectivity index (χ1v) is 6.98. The van der Waals surface area contributed by atoms with Crippen molar-refractivity contribution in [1.29, 1.82) is 0 Å². The van der Waals surface area contributed by atoms with Crippen LogP contribution in [0.4, 0.5) is 13.2 Å². The Morgan fingerprint density at radius 2 is 2.17 bits per heavy atom. The van der Waals surface area contributed by atoms with Crippen LogP contribution in [0, 0.1) is 0 Å². The number of carboxylic acids is 1. The number of amides is 1. The Hall–Kier alpha value is -2.36. The molecule has 0 spiro atoms. The molecular weight excluding hydrogens is 333 g/mol. The number of aliphatic carboxylic acids is 1. The average molecular weight is 348 g/mol. The molecule has 2 N–H and O–H groups in total. The van der Waals surface area contributed by atoms with Crippen molar-refractivity contribution < 1.29 is 37.3 Å². The minimum Gasteiger partial charge on any atom is -0.481 e. The molecule has 1 fully saturated rings. The van der Waals surface area contributed by atoms with E-state index in [4.69, 9.17) is 9.84 Å². The maximum atomic E-state index is 12.2. The van der Waals surface area contributed by atoms with Gasteiger partial charge in [-0.1, -0.05) is 6.07 Å². The summed E-state index contributed by atoms with van der Waals surface area (Å²) in [6, 6.07) is 3.80. The molecule has 1 saturated heterocycles. The van der Waals surface area contributed by atoms with E-state index in [0.29, 0.717) is 13.0 Å². The molecule has 0 saturated carbocycles. The third kappa shape index (κ3) is 5.08. The van der Waals surface area contributed by atoms with Gasteiger partial charge in [-0.25, -0.2) is 4.98 Å². The number of aromatic nitrogens is 1. The van der Waals surface area contributed by atoms with Crippen molar-refractivity contribution in [3.05, 3.63) is 23.9 Å². The molecular formula is C14H15F3N2O5. The number of ether oxygens (including phenoxy) is 2. The highest BCUT2D eigenvalue weighted by Crippen LogP contribution is 2.23. The smallest absolute Gasteiger partial charge is 0.422 e. The lowest BCUT2D eigenvalue weighted by Gasteiger charge is -2.26. The predicted octanol–water partition coefficient (Wildman–Crippen LogP) is 1.39. The maximum Gasteiger partial charge on any atom is 0.422 e. The molecule has 1 amide bonds. The second-order valence-corrected chi connectivity index (χ2v) is 5.37. The number of nitrogens with zero attached hydrogens (tertiary/aromatic N) is 1.